The zero-order valence-corrected chi connectivity index (χ0v) is 9.11. The lowest BCUT2D eigenvalue weighted by Crippen LogP contribution is -2.06. The van der Waals surface area contributed by atoms with Gasteiger partial charge in [0.1, 0.15) is 5.82 Å². The Hall–Kier alpha value is -2.24. The molecule has 0 unspecified atom stereocenters. The number of aromatic nitrogens is 3. The van der Waals surface area contributed by atoms with Gasteiger partial charge in [-0.25, -0.2) is 14.2 Å². The molecule has 0 saturated carbocycles. The first-order valence-corrected chi connectivity index (χ1v) is 5.06. The van der Waals surface area contributed by atoms with E-state index in [0.29, 0.717) is 11.4 Å². The minimum atomic E-state index is -0.562. The van der Waals surface area contributed by atoms with Crippen molar-refractivity contribution >= 4 is 5.97 Å². The van der Waals surface area contributed by atoms with Gasteiger partial charge in [-0.05, 0) is 31.2 Å². The molecule has 2 rings (SSSR count). The molecule has 2 aromatic rings. The molecular weight excluding hydrogens is 225 g/mol. The number of ether oxygens (including phenoxy) is 1. The molecule has 0 amide bonds. The third-order valence-electron chi connectivity index (χ3n) is 2.06. The highest BCUT2D eigenvalue weighted by Gasteiger charge is 2.13. The number of nitrogens with zero attached hydrogens (tertiary/aromatic N) is 2. The van der Waals surface area contributed by atoms with Crippen LogP contribution in [0.4, 0.5) is 4.39 Å². The fourth-order valence-corrected chi connectivity index (χ4v) is 1.28. The molecule has 1 aromatic carbocycles. The zero-order valence-electron chi connectivity index (χ0n) is 9.11. The molecule has 1 N–H and O–H groups in total. The molecule has 0 aliphatic rings. The number of aromatic amines is 1. The normalized spacial score (nSPS) is 10.2. The molecule has 17 heavy (non-hydrogen) atoms. The molecule has 0 radical (unpaired) electrons. The Morgan fingerprint density at radius 2 is 2.12 bits per heavy atom. The first-order chi connectivity index (χ1) is 8.20. The lowest BCUT2D eigenvalue weighted by molar-refractivity contribution is 0.0512. The Morgan fingerprint density at radius 1 is 1.41 bits per heavy atom. The summed E-state index contributed by atoms with van der Waals surface area (Å²) in [5.74, 6) is -0.539. The SMILES string of the molecule is CCOC(=O)c1nc(-c2ccc(F)cc2)n[nH]1. The van der Waals surface area contributed by atoms with Crippen LogP contribution in [0.3, 0.4) is 0 Å². The van der Waals surface area contributed by atoms with Crippen LogP contribution < -0.4 is 0 Å². The standard InChI is InChI=1S/C11H10FN3O2/c1-2-17-11(16)10-13-9(14-15-10)7-3-5-8(12)6-4-7/h3-6H,2H2,1H3,(H,13,14,15). The topological polar surface area (TPSA) is 67.9 Å². The van der Waals surface area contributed by atoms with E-state index in [1.54, 1.807) is 6.92 Å². The van der Waals surface area contributed by atoms with Gasteiger partial charge in [0.15, 0.2) is 5.82 Å². The summed E-state index contributed by atoms with van der Waals surface area (Å²) in [6.07, 6.45) is 0. The van der Waals surface area contributed by atoms with Crippen LogP contribution in [0.1, 0.15) is 17.5 Å². The summed E-state index contributed by atoms with van der Waals surface area (Å²) in [7, 11) is 0. The molecule has 1 heterocycles. The van der Waals surface area contributed by atoms with Gasteiger partial charge in [-0.2, -0.15) is 5.10 Å². The van der Waals surface area contributed by atoms with Crippen molar-refractivity contribution in [3.63, 3.8) is 0 Å². The molecule has 0 spiro atoms. The number of rotatable bonds is 3. The van der Waals surface area contributed by atoms with Crippen LogP contribution in [0.2, 0.25) is 0 Å². The highest BCUT2D eigenvalue weighted by atomic mass is 19.1. The summed E-state index contributed by atoms with van der Waals surface area (Å²) in [6, 6.07) is 5.67. The van der Waals surface area contributed by atoms with Crippen molar-refractivity contribution in [1.82, 2.24) is 15.2 Å². The second-order valence-corrected chi connectivity index (χ2v) is 3.23. The summed E-state index contributed by atoms with van der Waals surface area (Å²) >= 11 is 0. The van der Waals surface area contributed by atoms with Crippen molar-refractivity contribution in [1.29, 1.82) is 0 Å². The molecule has 0 saturated heterocycles. The first kappa shape index (κ1) is 11.3. The molecule has 0 bridgehead atoms. The Morgan fingerprint density at radius 3 is 2.76 bits per heavy atom. The van der Waals surface area contributed by atoms with Crippen molar-refractivity contribution < 1.29 is 13.9 Å². The smallest absolute Gasteiger partial charge is 0.375 e. The van der Waals surface area contributed by atoms with E-state index in [9.17, 15) is 9.18 Å². The van der Waals surface area contributed by atoms with Crippen LogP contribution in [-0.4, -0.2) is 27.8 Å². The number of hydrogen-bond acceptors (Lipinski definition) is 4. The molecule has 1 aromatic heterocycles. The molecule has 5 nitrogen and oxygen atoms in total. The van der Waals surface area contributed by atoms with Gasteiger partial charge in [0.2, 0.25) is 5.82 Å². The predicted molar refractivity (Wildman–Crippen MR) is 57.7 cm³/mol. The van der Waals surface area contributed by atoms with Crippen LogP contribution in [0.5, 0.6) is 0 Å². The average Bonchev–Trinajstić information content (AvgIpc) is 2.80. The van der Waals surface area contributed by atoms with Gasteiger partial charge in [-0.15, -0.1) is 0 Å². The molecule has 6 heteroatoms. The molecule has 0 atom stereocenters. The van der Waals surface area contributed by atoms with E-state index in [-0.39, 0.29) is 18.2 Å². The Bertz CT molecular complexity index is 522. The van der Waals surface area contributed by atoms with Crippen molar-refractivity contribution in [2.24, 2.45) is 0 Å². The average molecular weight is 235 g/mol. The van der Waals surface area contributed by atoms with E-state index in [4.69, 9.17) is 4.74 Å². The number of esters is 1. The molecule has 0 fully saturated rings. The summed E-state index contributed by atoms with van der Waals surface area (Å²) in [4.78, 5) is 15.3. The monoisotopic (exact) mass is 235 g/mol. The summed E-state index contributed by atoms with van der Waals surface area (Å²) < 4.78 is 17.5. The first-order valence-electron chi connectivity index (χ1n) is 5.06. The third kappa shape index (κ3) is 2.47. The van der Waals surface area contributed by atoms with Gasteiger partial charge in [0.05, 0.1) is 6.61 Å². The number of nitrogens with one attached hydrogen (secondary N) is 1. The minimum Gasteiger partial charge on any atom is -0.460 e. The maximum Gasteiger partial charge on any atom is 0.375 e. The maximum atomic E-state index is 12.7. The lowest BCUT2D eigenvalue weighted by Gasteiger charge is -1.95. The van der Waals surface area contributed by atoms with Gasteiger partial charge in [0, 0.05) is 5.56 Å². The number of halogens is 1. The Kier molecular flexibility index (Phi) is 3.13. The van der Waals surface area contributed by atoms with Gasteiger partial charge >= 0.3 is 5.97 Å². The van der Waals surface area contributed by atoms with E-state index in [0.717, 1.165) is 0 Å². The van der Waals surface area contributed by atoms with E-state index >= 15 is 0 Å². The van der Waals surface area contributed by atoms with Crippen molar-refractivity contribution in [2.45, 2.75) is 6.92 Å². The van der Waals surface area contributed by atoms with Crippen LogP contribution in [0.25, 0.3) is 11.4 Å². The van der Waals surface area contributed by atoms with Crippen molar-refractivity contribution in [3.8, 4) is 11.4 Å². The van der Waals surface area contributed by atoms with Crippen LogP contribution in [0, 0.1) is 5.82 Å². The van der Waals surface area contributed by atoms with Crippen molar-refractivity contribution in [3.05, 3.63) is 35.9 Å². The second-order valence-electron chi connectivity index (χ2n) is 3.23. The largest absolute Gasteiger partial charge is 0.460 e. The van der Waals surface area contributed by atoms with Crippen LogP contribution >= 0.6 is 0 Å². The summed E-state index contributed by atoms with van der Waals surface area (Å²) in [5.41, 5.74) is 0.623. The van der Waals surface area contributed by atoms with E-state index in [1.807, 2.05) is 0 Å². The molecule has 88 valence electrons. The Balaban J connectivity index is 2.23. The predicted octanol–water partition coefficient (Wildman–Crippen LogP) is 1.79. The number of carbonyl (C=O) groups is 1. The van der Waals surface area contributed by atoms with Gasteiger partial charge < -0.3 is 4.74 Å². The number of carbonyl (C=O) groups excluding carboxylic acids is 1. The third-order valence-corrected chi connectivity index (χ3v) is 2.06. The van der Waals surface area contributed by atoms with Crippen molar-refractivity contribution in [2.75, 3.05) is 6.61 Å². The highest BCUT2D eigenvalue weighted by molar-refractivity contribution is 5.85. The van der Waals surface area contributed by atoms with Crippen LogP contribution in [-0.2, 0) is 4.74 Å². The fraction of sp³-hybridized carbons (Fsp3) is 0.182. The molecular formula is C11H10FN3O2. The molecule has 0 aliphatic heterocycles. The van der Waals surface area contributed by atoms with E-state index < -0.39 is 5.97 Å². The van der Waals surface area contributed by atoms with Gasteiger partial charge in [0.25, 0.3) is 0 Å². The van der Waals surface area contributed by atoms with Gasteiger partial charge in [-0.3, -0.25) is 5.10 Å². The summed E-state index contributed by atoms with van der Waals surface area (Å²) in [5, 5.41) is 6.33. The summed E-state index contributed by atoms with van der Waals surface area (Å²) in [6.45, 7) is 1.97. The number of hydrogen-bond donors (Lipinski definition) is 1. The van der Waals surface area contributed by atoms with E-state index in [2.05, 4.69) is 15.2 Å². The second kappa shape index (κ2) is 4.73. The highest BCUT2D eigenvalue weighted by Crippen LogP contribution is 2.14. The zero-order chi connectivity index (χ0) is 12.3. The molecule has 0 aliphatic carbocycles. The Labute approximate surface area is 96.6 Å². The van der Waals surface area contributed by atoms with Crippen LogP contribution in [0.15, 0.2) is 24.3 Å². The quantitative estimate of drug-likeness (QED) is 0.823. The fourth-order valence-electron chi connectivity index (χ4n) is 1.28. The minimum absolute atomic E-state index is 0.0335. The number of benzene rings is 1. The lowest BCUT2D eigenvalue weighted by atomic mass is 10.2. The van der Waals surface area contributed by atoms with E-state index in [1.165, 1.54) is 24.3 Å². The maximum absolute atomic E-state index is 12.7. The van der Waals surface area contributed by atoms with Gasteiger partial charge in [-0.1, -0.05) is 0 Å². The number of H-pyrrole nitrogens is 1.